The summed E-state index contributed by atoms with van der Waals surface area (Å²) in [4.78, 5) is 29.2. The van der Waals surface area contributed by atoms with E-state index in [9.17, 15) is 18.0 Å². The highest BCUT2D eigenvalue weighted by atomic mass is 35.5. The molecule has 2 heterocycles. The number of halogens is 1. The van der Waals surface area contributed by atoms with E-state index in [1.807, 2.05) is 0 Å². The molecule has 1 aliphatic heterocycles. The molecule has 2 aliphatic rings. The standard InChI is InChI=1S/C17H23ClN2O5S/c18-12-8-15(19-9-12)17(22)25-10-16(21)20(13-4-2-1-3-5-13)14-6-7-26(23,24)11-14/h8-9,13-14,19H,1-7,10-11H2. The molecule has 3 rings (SSSR count). The maximum absolute atomic E-state index is 12.8. The van der Waals surface area contributed by atoms with Crippen molar-refractivity contribution in [2.45, 2.75) is 50.6 Å². The number of hydrogen-bond donors (Lipinski definition) is 1. The number of sulfone groups is 1. The van der Waals surface area contributed by atoms with Crippen molar-refractivity contribution in [2.24, 2.45) is 0 Å². The molecule has 1 aromatic heterocycles. The minimum Gasteiger partial charge on any atom is -0.451 e. The molecule has 0 bridgehead atoms. The molecule has 1 amide bonds. The van der Waals surface area contributed by atoms with E-state index in [1.165, 1.54) is 12.3 Å². The quantitative estimate of drug-likeness (QED) is 0.761. The van der Waals surface area contributed by atoms with Gasteiger partial charge in [-0.25, -0.2) is 13.2 Å². The summed E-state index contributed by atoms with van der Waals surface area (Å²) < 4.78 is 28.8. The van der Waals surface area contributed by atoms with Gasteiger partial charge in [0.2, 0.25) is 0 Å². The summed E-state index contributed by atoms with van der Waals surface area (Å²) in [5.41, 5.74) is 0.176. The molecule has 144 valence electrons. The molecule has 1 saturated carbocycles. The molecule has 7 nitrogen and oxygen atoms in total. The Balaban J connectivity index is 1.67. The second-order valence-electron chi connectivity index (χ2n) is 6.96. The van der Waals surface area contributed by atoms with Crippen molar-refractivity contribution in [1.82, 2.24) is 9.88 Å². The number of aromatic amines is 1. The summed E-state index contributed by atoms with van der Waals surface area (Å²) in [6.45, 7) is -0.400. The summed E-state index contributed by atoms with van der Waals surface area (Å²) in [7, 11) is -3.11. The molecule has 1 aliphatic carbocycles. The Hall–Kier alpha value is -1.54. The number of nitrogens with zero attached hydrogens (tertiary/aromatic N) is 1. The molecule has 1 saturated heterocycles. The van der Waals surface area contributed by atoms with Gasteiger partial charge in [0.1, 0.15) is 5.69 Å². The number of amides is 1. The van der Waals surface area contributed by atoms with Crippen molar-refractivity contribution in [3.63, 3.8) is 0 Å². The minimum absolute atomic E-state index is 0.00454. The van der Waals surface area contributed by atoms with Crippen molar-refractivity contribution in [2.75, 3.05) is 18.1 Å². The Kier molecular flexibility index (Phi) is 5.92. The molecular weight excluding hydrogens is 380 g/mol. The zero-order valence-electron chi connectivity index (χ0n) is 14.4. The Morgan fingerprint density at radius 1 is 1.19 bits per heavy atom. The molecule has 9 heteroatoms. The van der Waals surface area contributed by atoms with Crippen molar-refractivity contribution in [3.05, 3.63) is 23.0 Å². The lowest BCUT2D eigenvalue weighted by atomic mass is 9.93. The Labute approximate surface area is 157 Å². The molecule has 2 fully saturated rings. The van der Waals surface area contributed by atoms with Crippen molar-refractivity contribution in [1.29, 1.82) is 0 Å². The molecule has 26 heavy (non-hydrogen) atoms. The molecule has 1 aromatic rings. The van der Waals surface area contributed by atoms with Gasteiger partial charge in [-0.05, 0) is 25.3 Å². The van der Waals surface area contributed by atoms with Gasteiger partial charge in [-0.15, -0.1) is 0 Å². The molecule has 0 radical (unpaired) electrons. The van der Waals surface area contributed by atoms with Crippen LogP contribution in [-0.4, -0.2) is 60.4 Å². The number of esters is 1. The van der Waals surface area contributed by atoms with Crippen LogP contribution in [0.4, 0.5) is 0 Å². The van der Waals surface area contributed by atoms with Crippen molar-refractivity contribution >= 4 is 33.3 Å². The Morgan fingerprint density at radius 2 is 1.92 bits per heavy atom. The summed E-state index contributed by atoms with van der Waals surface area (Å²) in [5, 5.41) is 0.378. The molecular formula is C17H23ClN2O5S. The van der Waals surface area contributed by atoms with E-state index in [1.54, 1.807) is 4.90 Å². The van der Waals surface area contributed by atoms with Gasteiger partial charge in [0, 0.05) is 18.3 Å². The van der Waals surface area contributed by atoms with Crippen LogP contribution in [-0.2, 0) is 19.4 Å². The van der Waals surface area contributed by atoms with E-state index in [4.69, 9.17) is 16.3 Å². The van der Waals surface area contributed by atoms with Gasteiger partial charge in [-0.3, -0.25) is 4.79 Å². The summed E-state index contributed by atoms with van der Waals surface area (Å²) in [5.74, 6) is -0.887. The highest BCUT2D eigenvalue weighted by Gasteiger charge is 2.38. The number of hydrogen-bond acceptors (Lipinski definition) is 5. The minimum atomic E-state index is -3.11. The first-order valence-corrected chi connectivity index (χ1v) is 11.1. The number of aromatic nitrogens is 1. The summed E-state index contributed by atoms with van der Waals surface area (Å²) in [6, 6.07) is 1.12. The average molecular weight is 403 g/mol. The fourth-order valence-corrected chi connectivity index (χ4v) is 5.70. The predicted molar refractivity (Wildman–Crippen MR) is 96.9 cm³/mol. The fourth-order valence-electron chi connectivity index (χ4n) is 3.82. The smallest absolute Gasteiger partial charge is 0.355 e. The van der Waals surface area contributed by atoms with E-state index in [0.29, 0.717) is 11.4 Å². The van der Waals surface area contributed by atoms with Gasteiger partial charge < -0.3 is 14.6 Å². The molecule has 0 aromatic carbocycles. The monoisotopic (exact) mass is 402 g/mol. The van der Waals surface area contributed by atoms with Gasteiger partial charge in [0.25, 0.3) is 5.91 Å². The number of carbonyl (C=O) groups excluding carboxylic acids is 2. The van der Waals surface area contributed by atoms with E-state index in [-0.39, 0.29) is 35.2 Å². The lowest BCUT2D eigenvalue weighted by molar-refractivity contribution is -0.140. The number of H-pyrrole nitrogens is 1. The number of nitrogens with one attached hydrogen (secondary N) is 1. The highest BCUT2D eigenvalue weighted by Crippen LogP contribution is 2.28. The average Bonchev–Trinajstić information content (AvgIpc) is 3.19. The third-order valence-corrected chi connectivity index (χ3v) is 7.02. The van der Waals surface area contributed by atoms with Crippen LogP contribution in [0.1, 0.15) is 49.0 Å². The number of rotatable bonds is 5. The third-order valence-electron chi connectivity index (χ3n) is 5.05. The van der Waals surface area contributed by atoms with Gasteiger partial charge >= 0.3 is 5.97 Å². The molecule has 1 atom stereocenters. The topological polar surface area (TPSA) is 96.5 Å². The highest BCUT2D eigenvalue weighted by molar-refractivity contribution is 7.91. The number of carbonyl (C=O) groups is 2. The van der Waals surface area contributed by atoms with Crippen LogP contribution in [0.15, 0.2) is 12.3 Å². The predicted octanol–water partition coefficient (Wildman–Crippen LogP) is 2.17. The Morgan fingerprint density at radius 3 is 2.50 bits per heavy atom. The fraction of sp³-hybridized carbons (Fsp3) is 0.647. The van der Waals surface area contributed by atoms with Crippen molar-refractivity contribution < 1.29 is 22.7 Å². The van der Waals surface area contributed by atoms with Crippen molar-refractivity contribution in [3.8, 4) is 0 Å². The van der Waals surface area contributed by atoms with Gasteiger partial charge in [-0.1, -0.05) is 30.9 Å². The first-order valence-electron chi connectivity index (χ1n) is 8.88. The normalized spacial score (nSPS) is 22.9. The van der Waals surface area contributed by atoms with Gasteiger partial charge in [0.05, 0.1) is 16.5 Å². The number of ether oxygens (including phenoxy) is 1. The van der Waals surface area contributed by atoms with Gasteiger partial charge in [-0.2, -0.15) is 0 Å². The molecule has 1 unspecified atom stereocenters. The van der Waals surface area contributed by atoms with E-state index < -0.39 is 22.4 Å². The lowest BCUT2D eigenvalue weighted by Crippen LogP contribution is -2.50. The second-order valence-corrected chi connectivity index (χ2v) is 9.62. The first kappa shape index (κ1) is 19.2. The largest absolute Gasteiger partial charge is 0.451 e. The van der Waals surface area contributed by atoms with Crippen LogP contribution in [0.3, 0.4) is 0 Å². The van der Waals surface area contributed by atoms with Gasteiger partial charge in [0.15, 0.2) is 16.4 Å². The SMILES string of the molecule is O=C(OCC(=O)N(C1CCCCC1)C1CCS(=O)(=O)C1)c1cc(Cl)c[nH]1. The molecule has 0 spiro atoms. The van der Waals surface area contributed by atoms with Crippen LogP contribution in [0.5, 0.6) is 0 Å². The van der Waals surface area contributed by atoms with Crippen LogP contribution < -0.4 is 0 Å². The zero-order valence-corrected chi connectivity index (χ0v) is 16.0. The van der Waals surface area contributed by atoms with Crippen LogP contribution in [0, 0.1) is 0 Å². The van der Waals surface area contributed by atoms with Crippen LogP contribution in [0.25, 0.3) is 0 Å². The summed E-state index contributed by atoms with van der Waals surface area (Å²) in [6.07, 6.45) is 6.81. The van der Waals surface area contributed by atoms with E-state index in [2.05, 4.69) is 4.98 Å². The van der Waals surface area contributed by atoms with Crippen LogP contribution in [0.2, 0.25) is 5.02 Å². The molecule has 1 N–H and O–H groups in total. The summed E-state index contributed by atoms with van der Waals surface area (Å²) >= 11 is 5.76. The van der Waals surface area contributed by atoms with Crippen LogP contribution >= 0.6 is 11.6 Å². The zero-order chi connectivity index (χ0) is 18.7. The first-order chi connectivity index (χ1) is 12.4. The maximum Gasteiger partial charge on any atom is 0.355 e. The second kappa shape index (κ2) is 8.00. The Bertz CT molecular complexity index is 770. The third kappa shape index (κ3) is 4.59. The maximum atomic E-state index is 12.8. The van der Waals surface area contributed by atoms with E-state index in [0.717, 1.165) is 32.1 Å². The lowest BCUT2D eigenvalue weighted by Gasteiger charge is -2.38. The van der Waals surface area contributed by atoms with E-state index >= 15 is 0 Å².